The largest absolute Gasteiger partial charge is 0.370 e. The summed E-state index contributed by atoms with van der Waals surface area (Å²) in [6.07, 6.45) is 4.42. The Labute approximate surface area is 226 Å². The molecule has 2 rings (SSSR count). The molecule has 2 aromatic rings. The second-order valence-electron chi connectivity index (χ2n) is 9.38. The van der Waals surface area contributed by atoms with Crippen LogP contribution in [-0.4, -0.2) is 70.2 Å². The Hall–Kier alpha value is -3.74. The number of nitrogens with one attached hydrogen (secondary N) is 5. The number of aromatic nitrogens is 1. The van der Waals surface area contributed by atoms with E-state index in [0.717, 1.165) is 28.2 Å². The molecule has 0 aliphatic heterocycles. The Morgan fingerprint density at radius 1 is 1.11 bits per heavy atom. The second kappa shape index (κ2) is 14.9. The normalized spacial score (nSPS) is 12.5. The van der Waals surface area contributed by atoms with Crippen LogP contribution in [0.4, 0.5) is 4.79 Å². The number of guanidine groups is 1. The fourth-order valence-electron chi connectivity index (χ4n) is 3.98. The molecule has 1 aromatic carbocycles. The van der Waals surface area contributed by atoms with E-state index in [9.17, 15) is 19.2 Å². The Morgan fingerprint density at radius 2 is 1.82 bits per heavy atom. The minimum Gasteiger partial charge on any atom is -0.370 e. The van der Waals surface area contributed by atoms with Crippen LogP contribution in [0.25, 0.3) is 10.9 Å². The molecule has 1 aromatic heterocycles. The maximum absolute atomic E-state index is 13.1. The molecule has 0 fully saturated rings. The summed E-state index contributed by atoms with van der Waals surface area (Å²) in [5, 5.41) is 15.9. The molecule has 2 atom stereocenters. The zero-order valence-electron chi connectivity index (χ0n) is 22.0. The third kappa shape index (κ3) is 9.61. The van der Waals surface area contributed by atoms with Gasteiger partial charge in [-0.2, -0.15) is 0 Å². The number of thioether (sulfide) groups is 1. The number of primary amides is 1. The number of nitrogens with zero attached hydrogens (tertiary/aromatic N) is 1. The summed E-state index contributed by atoms with van der Waals surface area (Å²) in [6.45, 7) is 4.06. The van der Waals surface area contributed by atoms with E-state index < -0.39 is 29.8 Å². The van der Waals surface area contributed by atoms with E-state index in [1.807, 2.05) is 38.1 Å². The van der Waals surface area contributed by atoms with E-state index in [2.05, 4.69) is 20.9 Å². The summed E-state index contributed by atoms with van der Waals surface area (Å²) in [7, 11) is 0. The number of fused-ring (bicyclic) bond motifs is 1. The van der Waals surface area contributed by atoms with E-state index in [1.165, 1.54) is 4.90 Å². The van der Waals surface area contributed by atoms with Crippen LogP contribution in [-0.2, 0) is 20.9 Å². The molecule has 13 heteroatoms. The van der Waals surface area contributed by atoms with Crippen molar-refractivity contribution in [3.63, 3.8) is 0 Å². The first-order valence-corrected chi connectivity index (χ1v) is 13.6. The number of amides is 4. The van der Waals surface area contributed by atoms with Crippen molar-refractivity contribution in [2.75, 3.05) is 19.3 Å². The van der Waals surface area contributed by atoms with Crippen molar-refractivity contribution < 1.29 is 19.2 Å². The van der Waals surface area contributed by atoms with Crippen LogP contribution in [0.1, 0.15) is 38.7 Å². The number of carbonyl (C=O) groups is 4. The second-order valence-corrected chi connectivity index (χ2v) is 10.1. The number of hydrogen-bond acceptors (Lipinski definition) is 6. The van der Waals surface area contributed by atoms with E-state index in [-0.39, 0.29) is 36.6 Å². The summed E-state index contributed by atoms with van der Waals surface area (Å²) >= 11 is 0.990. The van der Waals surface area contributed by atoms with Crippen molar-refractivity contribution in [2.24, 2.45) is 17.4 Å². The molecule has 0 saturated heterocycles. The number of nitrogens with two attached hydrogens (primary N) is 2. The minimum absolute atomic E-state index is 0.108. The SMILES string of the molecule is CSC(=O)N(CC(=O)N[C@@H](CCCNC(=N)N)C(=O)N[C@@H](CC(C)C)C(N)=O)Cc1c[nH]c2ccccc12. The number of benzene rings is 1. The average molecular weight is 547 g/mol. The highest BCUT2D eigenvalue weighted by Gasteiger charge is 2.27. The summed E-state index contributed by atoms with van der Waals surface area (Å²) in [6, 6.07) is 5.80. The number of aromatic amines is 1. The molecule has 0 spiro atoms. The molecule has 9 N–H and O–H groups in total. The van der Waals surface area contributed by atoms with Crippen LogP contribution >= 0.6 is 11.8 Å². The van der Waals surface area contributed by atoms with Crippen molar-refractivity contribution in [1.82, 2.24) is 25.8 Å². The zero-order valence-corrected chi connectivity index (χ0v) is 22.8. The highest BCUT2D eigenvalue weighted by molar-refractivity contribution is 8.12. The van der Waals surface area contributed by atoms with E-state index in [0.29, 0.717) is 19.4 Å². The van der Waals surface area contributed by atoms with Gasteiger partial charge in [0.2, 0.25) is 17.7 Å². The lowest BCUT2D eigenvalue weighted by Gasteiger charge is -2.25. The molecule has 0 unspecified atom stereocenters. The fourth-order valence-corrected chi connectivity index (χ4v) is 4.37. The van der Waals surface area contributed by atoms with Crippen molar-refractivity contribution in [3.8, 4) is 0 Å². The van der Waals surface area contributed by atoms with Gasteiger partial charge in [0, 0.05) is 30.2 Å². The molecule has 0 aliphatic carbocycles. The average Bonchev–Trinajstić information content (AvgIpc) is 3.26. The van der Waals surface area contributed by atoms with Gasteiger partial charge in [0.25, 0.3) is 5.24 Å². The third-order valence-electron chi connectivity index (χ3n) is 5.81. The van der Waals surface area contributed by atoms with Crippen LogP contribution in [0.15, 0.2) is 30.5 Å². The predicted octanol–water partition coefficient (Wildman–Crippen LogP) is 1.22. The van der Waals surface area contributed by atoms with E-state index in [4.69, 9.17) is 16.9 Å². The van der Waals surface area contributed by atoms with Gasteiger partial charge in [0.05, 0.1) is 0 Å². The zero-order chi connectivity index (χ0) is 28.2. The van der Waals surface area contributed by atoms with Gasteiger partial charge in [-0.25, -0.2) is 0 Å². The number of rotatable bonds is 14. The van der Waals surface area contributed by atoms with Gasteiger partial charge in [-0.05, 0) is 43.1 Å². The minimum atomic E-state index is -0.982. The van der Waals surface area contributed by atoms with Gasteiger partial charge in [0.1, 0.15) is 18.6 Å². The maximum atomic E-state index is 13.1. The van der Waals surface area contributed by atoms with Crippen molar-refractivity contribution in [3.05, 3.63) is 36.0 Å². The summed E-state index contributed by atoms with van der Waals surface area (Å²) in [5.74, 6) is -1.83. The molecular formula is C25H38N8O4S. The maximum Gasteiger partial charge on any atom is 0.282 e. The fraction of sp³-hybridized carbons (Fsp3) is 0.480. The van der Waals surface area contributed by atoms with Crippen molar-refractivity contribution >= 4 is 51.6 Å². The summed E-state index contributed by atoms with van der Waals surface area (Å²) in [5.41, 5.74) is 12.6. The van der Waals surface area contributed by atoms with Gasteiger partial charge < -0.3 is 37.3 Å². The molecule has 4 amide bonds. The van der Waals surface area contributed by atoms with Crippen molar-refractivity contribution in [2.45, 2.75) is 51.7 Å². The van der Waals surface area contributed by atoms with Crippen molar-refractivity contribution in [1.29, 1.82) is 5.41 Å². The first-order valence-electron chi connectivity index (χ1n) is 12.4. The van der Waals surface area contributed by atoms with Crippen LogP contribution < -0.4 is 27.4 Å². The Balaban J connectivity index is 2.14. The van der Waals surface area contributed by atoms with Crippen LogP contribution in [0.3, 0.4) is 0 Å². The number of H-pyrrole nitrogens is 1. The Morgan fingerprint density at radius 3 is 2.45 bits per heavy atom. The molecule has 1 heterocycles. The lowest BCUT2D eigenvalue weighted by atomic mass is 10.0. The quantitative estimate of drug-likeness (QED) is 0.105. The first kappa shape index (κ1) is 30.5. The third-order valence-corrected chi connectivity index (χ3v) is 6.41. The molecule has 208 valence electrons. The Kier molecular flexibility index (Phi) is 11.9. The number of para-hydroxylation sites is 1. The van der Waals surface area contributed by atoms with E-state index in [1.54, 1.807) is 12.5 Å². The molecule has 12 nitrogen and oxygen atoms in total. The Bertz CT molecular complexity index is 1140. The monoisotopic (exact) mass is 546 g/mol. The lowest BCUT2D eigenvalue weighted by molar-refractivity contribution is -0.131. The lowest BCUT2D eigenvalue weighted by Crippen LogP contribution is -2.54. The standard InChI is InChI=1S/C25H38N8O4S/c1-15(2)11-20(22(26)35)32-23(36)19(9-6-10-29-24(27)28)31-21(34)14-33(25(37)38-3)13-16-12-30-18-8-5-4-7-17(16)18/h4-5,7-8,12,15,19-20,30H,6,9-11,13-14H2,1-3H3,(H2,26,35)(H,31,34)(H,32,36)(H4,27,28,29)/t19-,20-/m0/s1. The number of hydrogen-bond donors (Lipinski definition) is 7. The van der Waals surface area contributed by atoms with Crippen LogP contribution in [0.5, 0.6) is 0 Å². The molecule has 0 bridgehead atoms. The van der Waals surface area contributed by atoms with Gasteiger partial charge >= 0.3 is 0 Å². The van der Waals surface area contributed by atoms with Crippen LogP contribution in [0, 0.1) is 11.3 Å². The first-order chi connectivity index (χ1) is 18.0. The highest BCUT2D eigenvalue weighted by Crippen LogP contribution is 2.20. The highest BCUT2D eigenvalue weighted by atomic mass is 32.2. The van der Waals surface area contributed by atoms with E-state index >= 15 is 0 Å². The van der Waals surface area contributed by atoms with Gasteiger partial charge in [-0.15, -0.1) is 0 Å². The molecule has 0 radical (unpaired) electrons. The molecule has 0 aliphatic rings. The predicted molar refractivity (Wildman–Crippen MR) is 149 cm³/mol. The van der Waals surface area contributed by atoms with Gasteiger partial charge in [-0.3, -0.25) is 24.6 Å². The van der Waals surface area contributed by atoms with Gasteiger partial charge in [-0.1, -0.05) is 43.8 Å². The molecular weight excluding hydrogens is 508 g/mol. The number of carbonyl (C=O) groups excluding carboxylic acids is 4. The summed E-state index contributed by atoms with van der Waals surface area (Å²) < 4.78 is 0. The molecule has 38 heavy (non-hydrogen) atoms. The molecule has 0 saturated carbocycles. The topological polar surface area (TPSA) is 199 Å². The van der Waals surface area contributed by atoms with Gasteiger partial charge in [0.15, 0.2) is 5.96 Å². The summed E-state index contributed by atoms with van der Waals surface area (Å²) in [4.78, 5) is 55.2. The smallest absolute Gasteiger partial charge is 0.282 e. The van der Waals surface area contributed by atoms with Crippen LogP contribution in [0.2, 0.25) is 0 Å².